The Bertz CT molecular complexity index is 781. The van der Waals surface area contributed by atoms with Crippen molar-refractivity contribution in [2.45, 2.75) is 83.8 Å². The molecule has 0 radical (unpaired) electrons. The molecule has 1 aromatic rings. The molecule has 1 N–H and O–H groups in total. The summed E-state index contributed by atoms with van der Waals surface area (Å²) in [5.74, 6) is -0.430. The number of hydrogen-bond acceptors (Lipinski definition) is 4. The molecule has 8 heteroatoms. The second-order valence-corrected chi connectivity index (χ2v) is 15.5. The maximum atomic E-state index is 13.2. The highest BCUT2D eigenvalue weighted by atomic mass is 28.4. The number of alkyl carbamates (subject to hydrolysis) is 1. The Kier molecular flexibility index (Phi) is 9.65. The number of carbonyl (C=O) groups is 2. The average molecular weight is 464 g/mol. The van der Waals surface area contributed by atoms with Gasteiger partial charge in [0.2, 0.25) is 0 Å². The molecule has 1 aromatic carbocycles. The van der Waals surface area contributed by atoms with E-state index in [1.165, 1.54) is 6.34 Å². The molecule has 0 fully saturated rings. The summed E-state index contributed by atoms with van der Waals surface area (Å²) in [5, 5.41) is 2.77. The first-order valence-electron chi connectivity index (χ1n) is 11.0. The van der Waals surface area contributed by atoms with Crippen LogP contribution in [-0.4, -0.2) is 63.4 Å². The lowest BCUT2D eigenvalue weighted by Gasteiger charge is -2.40. The van der Waals surface area contributed by atoms with Crippen LogP contribution in [0.15, 0.2) is 35.3 Å². The minimum absolute atomic E-state index is 0.125. The van der Waals surface area contributed by atoms with Gasteiger partial charge in [-0.1, -0.05) is 51.1 Å². The molecule has 180 valence electrons. The van der Waals surface area contributed by atoms with E-state index in [0.29, 0.717) is 6.42 Å². The lowest BCUT2D eigenvalue weighted by molar-refractivity contribution is -0.126. The summed E-state index contributed by atoms with van der Waals surface area (Å²) in [4.78, 5) is 31.7. The van der Waals surface area contributed by atoms with Crippen LogP contribution in [0.1, 0.15) is 47.1 Å². The number of carbonyl (C=O) groups excluding carboxylic acids is 2. The van der Waals surface area contributed by atoms with E-state index in [2.05, 4.69) is 44.2 Å². The first kappa shape index (κ1) is 27.8. The van der Waals surface area contributed by atoms with Gasteiger partial charge in [0.1, 0.15) is 11.7 Å². The van der Waals surface area contributed by atoms with Crippen LogP contribution in [0.4, 0.5) is 4.79 Å². The van der Waals surface area contributed by atoms with Crippen molar-refractivity contribution >= 4 is 26.7 Å². The second kappa shape index (κ2) is 11.1. The topological polar surface area (TPSA) is 80.2 Å². The predicted octanol–water partition coefficient (Wildman–Crippen LogP) is 4.63. The van der Waals surface area contributed by atoms with Crippen LogP contribution in [0.5, 0.6) is 0 Å². The van der Waals surface area contributed by atoms with Crippen LogP contribution >= 0.6 is 0 Å². The molecule has 0 bridgehead atoms. The van der Waals surface area contributed by atoms with Crippen LogP contribution in [0.3, 0.4) is 0 Å². The molecule has 0 aliphatic rings. The molecule has 0 saturated carbocycles. The Morgan fingerprint density at radius 2 is 1.66 bits per heavy atom. The van der Waals surface area contributed by atoms with Crippen molar-refractivity contribution in [3.8, 4) is 0 Å². The number of hydrogen-bond donors (Lipinski definition) is 1. The van der Waals surface area contributed by atoms with E-state index in [9.17, 15) is 9.59 Å². The molecule has 0 heterocycles. The second-order valence-electron chi connectivity index (χ2n) is 10.8. The van der Waals surface area contributed by atoms with Crippen LogP contribution in [0.25, 0.3) is 0 Å². The first-order valence-corrected chi connectivity index (χ1v) is 13.9. The Morgan fingerprint density at radius 3 is 2.12 bits per heavy atom. The molecule has 0 saturated heterocycles. The normalized spacial score (nSPS) is 14.7. The van der Waals surface area contributed by atoms with Crippen molar-refractivity contribution in [3.05, 3.63) is 35.9 Å². The fraction of sp³-hybridized carbons (Fsp3) is 0.625. The third-order valence-electron chi connectivity index (χ3n) is 5.25. The molecular weight excluding hydrogens is 422 g/mol. The maximum Gasteiger partial charge on any atom is 0.407 e. The van der Waals surface area contributed by atoms with Gasteiger partial charge in [-0.2, -0.15) is 0 Å². The SMILES string of the molecule is CN(C)/C=N/C(=O)C(O[Si](C)(C)C(C)(C)C)C(Cc1ccccc1)NC(=O)OC(C)(C)C. The standard InChI is InChI=1S/C24H41N3O4Si/c1-23(2,3)30-22(29)26-19(16-18-14-12-11-13-15-18)20(21(28)25-17-27(7)8)31-32(9,10)24(4,5)6/h11-15,17,19-20H,16H2,1-10H3,(H,26,29)/b25-17+. The first-order chi connectivity index (χ1) is 14.5. The van der Waals surface area contributed by atoms with E-state index in [4.69, 9.17) is 9.16 Å². The number of amides is 2. The van der Waals surface area contributed by atoms with E-state index in [-0.39, 0.29) is 5.04 Å². The quantitative estimate of drug-likeness (QED) is 0.345. The highest BCUT2D eigenvalue weighted by molar-refractivity contribution is 6.74. The van der Waals surface area contributed by atoms with Crippen molar-refractivity contribution in [2.75, 3.05) is 14.1 Å². The minimum atomic E-state index is -2.37. The molecule has 2 unspecified atom stereocenters. The number of ether oxygens (including phenoxy) is 1. The fourth-order valence-corrected chi connectivity index (χ4v) is 3.86. The predicted molar refractivity (Wildman–Crippen MR) is 133 cm³/mol. The Labute approximate surface area is 194 Å². The lowest BCUT2D eigenvalue weighted by Crippen LogP contribution is -2.55. The lowest BCUT2D eigenvalue weighted by atomic mass is 10.0. The van der Waals surface area contributed by atoms with E-state index >= 15 is 0 Å². The zero-order valence-corrected chi connectivity index (χ0v) is 22.4. The van der Waals surface area contributed by atoms with E-state index in [1.807, 2.05) is 30.3 Å². The molecule has 0 aliphatic carbocycles. The Morgan fingerprint density at radius 1 is 1.09 bits per heavy atom. The number of benzene rings is 1. The molecule has 0 aliphatic heterocycles. The molecule has 2 atom stereocenters. The van der Waals surface area contributed by atoms with Gasteiger partial charge in [0, 0.05) is 14.1 Å². The fourth-order valence-electron chi connectivity index (χ4n) is 2.61. The molecule has 32 heavy (non-hydrogen) atoms. The van der Waals surface area contributed by atoms with Crippen LogP contribution < -0.4 is 5.32 Å². The summed E-state index contributed by atoms with van der Waals surface area (Å²) in [6.45, 7) is 15.9. The summed E-state index contributed by atoms with van der Waals surface area (Å²) in [6, 6.07) is 9.05. The van der Waals surface area contributed by atoms with Gasteiger partial charge in [-0.3, -0.25) is 4.79 Å². The summed E-state index contributed by atoms with van der Waals surface area (Å²) in [5.41, 5.74) is 0.311. The van der Waals surface area contributed by atoms with Crippen LogP contribution in [0.2, 0.25) is 18.1 Å². The van der Waals surface area contributed by atoms with Gasteiger partial charge in [-0.15, -0.1) is 0 Å². The smallest absolute Gasteiger partial charge is 0.407 e. The summed E-state index contributed by atoms with van der Waals surface area (Å²) >= 11 is 0. The van der Waals surface area contributed by atoms with Gasteiger partial charge in [0.05, 0.1) is 12.4 Å². The zero-order chi connectivity index (χ0) is 24.7. The molecule has 7 nitrogen and oxygen atoms in total. The number of nitrogens with zero attached hydrogens (tertiary/aromatic N) is 2. The van der Waals surface area contributed by atoms with Gasteiger partial charge in [-0.05, 0) is 50.9 Å². The van der Waals surface area contributed by atoms with Gasteiger partial charge < -0.3 is 19.4 Å². The third kappa shape index (κ3) is 9.52. The molecule has 2 amide bonds. The number of aliphatic imine (C=N–C) groups is 1. The van der Waals surface area contributed by atoms with Crippen molar-refractivity contribution in [1.82, 2.24) is 10.2 Å². The zero-order valence-electron chi connectivity index (χ0n) is 21.4. The molecule has 0 aromatic heterocycles. The third-order valence-corrected chi connectivity index (χ3v) is 9.71. The summed E-state index contributed by atoms with van der Waals surface area (Å²) in [7, 11) is 1.22. The average Bonchev–Trinajstić information content (AvgIpc) is 2.62. The monoisotopic (exact) mass is 463 g/mol. The van der Waals surface area contributed by atoms with Crippen molar-refractivity contribution in [1.29, 1.82) is 0 Å². The highest BCUT2D eigenvalue weighted by Crippen LogP contribution is 2.38. The van der Waals surface area contributed by atoms with E-state index < -0.39 is 38.1 Å². The van der Waals surface area contributed by atoms with E-state index in [0.717, 1.165) is 5.56 Å². The molecule has 1 rings (SSSR count). The molecule has 0 spiro atoms. The Hall–Kier alpha value is -2.19. The number of rotatable bonds is 8. The van der Waals surface area contributed by atoms with E-state index in [1.54, 1.807) is 39.8 Å². The van der Waals surface area contributed by atoms with Gasteiger partial charge in [-0.25, -0.2) is 9.79 Å². The Balaban J connectivity index is 3.38. The van der Waals surface area contributed by atoms with Crippen LogP contribution in [0, 0.1) is 0 Å². The van der Waals surface area contributed by atoms with Gasteiger partial charge >= 0.3 is 6.09 Å². The van der Waals surface area contributed by atoms with Crippen LogP contribution in [-0.2, 0) is 20.4 Å². The summed E-state index contributed by atoms with van der Waals surface area (Å²) < 4.78 is 12.0. The van der Waals surface area contributed by atoms with Crippen molar-refractivity contribution < 1.29 is 18.8 Å². The largest absolute Gasteiger partial charge is 0.444 e. The highest BCUT2D eigenvalue weighted by Gasteiger charge is 2.43. The minimum Gasteiger partial charge on any atom is -0.444 e. The summed E-state index contributed by atoms with van der Waals surface area (Å²) in [6.07, 6.45) is 0.325. The maximum absolute atomic E-state index is 13.2. The molecular formula is C24H41N3O4Si. The van der Waals surface area contributed by atoms with Crippen molar-refractivity contribution in [3.63, 3.8) is 0 Å². The van der Waals surface area contributed by atoms with Crippen molar-refractivity contribution in [2.24, 2.45) is 4.99 Å². The van der Waals surface area contributed by atoms with Gasteiger partial charge in [0.25, 0.3) is 5.91 Å². The van der Waals surface area contributed by atoms with Gasteiger partial charge in [0.15, 0.2) is 8.32 Å². The number of nitrogens with one attached hydrogen (secondary N) is 1.